The van der Waals surface area contributed by atoms with Crippen molar-refractivity contribution < 1.29 is 28.2 Å². The van der Waals surface area contributed by atoms with Crippen LogP contribution in [0.5, 0.6) is 11.5 Å². The van der Waals surface area contributed by atoms with Gasteiger partial charge in [0.2, 0.25) is 11.9 Å². The van der Waals surface area contributed by atoms with Crippen molar-refractivity contribution in [2.75, 3.05) is 44.3 Å². The van der Waals surface area contributed by atoms with Crippen molar-refractivity contribution in [3.8, 4) is 11.5 Å². The van der Waals surface area contributed by atoms with Gasteiger partial charge in [-0.3, -0.25) is 4.79 Å². The molecule has 5 rings (SSSR count). The number of amides is 1. The van der Waals surface area contributed by atoms with E-state index in [1.165, 1.54) is 11.3 Å². The van der Waals surface area contributed by atoms with Gasteiger partial charge in [-0.2, -0.15) is 0 Å². The van der Waals surface area contributed by atoms with Crippen LogP contribution >= 0.6 is 0 Å². The average molecular weight is 517 g/mol. The highest BCUT2D eigenvalue weighted by atomic mass is 19.1. The van der Waals surface area contributed by atoms with E-state index in [-0.39, 0.29) is 30.8 Å². The molecule has 1 amide bonds. The minimum atomic E-state index is -0.781. The van der Waals surface area contributed by atoms with Gasteiger partial charge in [-0.25, -0.2) is 18.7 Å². The first kappa shape index (κ1) is 25.6. The number of hydrogen-bond acceptors (Lipinski definition) is 7. The smallest absolute Gasteiger partial charge is 0.227 e. The van der Waals surface area contributed by atoms with Crippen molar-refractivity contribution in [1.82, 2.24) is 14.9 Å². The molecule has 1 aromatic carbocycles. The summed E-state index contributed by atoms with van der Waals surface area (Å²) in [6.45, 7) is 5.22. The van der Waals surface area contributed by atoms with E-state index in [4.69, 9.17) is 9.47 Å². The second kappa shape index (κ2) is 11.2. The fourth-order valence-electron chi connectivity index (χ4n) is 5.50. The fourth-order valence-corrected chi connectivity index (χ4v) is 5.50. The molecule has 3 aliphatic rings. The molecule has 2 atom stereocenters. The van der Waals surface area contributed by atoms with E-state index in [1.54, 1.807) is 12.4 Å². The third kappa shape index (κ3) is 6.11. The normalized spacial score (nSPS) is 22.1. The van der Waals surface area contributed by atoms with Crippen LogP contribution in [0.15, 0.2) is 24.5 Å². The summed E-state index contributed by atoms with van der Waals surface area (Å²) in [4.78, 5) is 24.6. The number of anilines is 1. The number of benzene rings is 1. The molecule has 2 unspecified atom stereocenters. The Kier molecular flexibility index (Phi) is 7.73. The molecule has 0 radical (unpaired) electrons. The molecule has 2 aliphatic heterocycles. The number of β-amino-alcohol motifs (C(OH)–C–C–N with tert-alkyl or cyclic N) is 1. The number of ether oxygens (including phenoxy) is 2. The Morgan fingerprint density at radius 1 is 1.08 bits per heavy atom. The Hall–Kier alpha value is -3.01. The van der Waals surface area contributed by atoms with Crippen molar-refractivity contribution in [3.63, 3.8) is 0 Å². The zero-order valence-electron chi connectivity index (χ0n) is 21.1. The molecule has 2 saturated heterocycles. The second-order valence-corrected chi connectivity index (χ2v) is 10.3. The van der Waals surface area contributed by atoms with Crippen LogP contribution in [0.25, 0.3) is 0 Å². The zero-order chi connectivity index (χ0) is 25.9. The number of rotatable bonds is 10. The molecule has 0 bridgehead atoms. The summed E-state index contributed by atoms with van der Waals surface area (Å²) in [7, 11) is 0. The SMILES string of the molecule is CCOc1cnc(N2CCC(C3CC3CCOc3cc(F)c(CC(=O)N4CC(O)C4)c(F)c3)CC2)nc1. The highest BCUT2D eigenvalue weighted by Crippen LogP contribution is 2.49. The van der Waals surface area contributed by atoms with Gasteiger partial charge in [0.05, 0.1) is 38.1 Å². The monoisotopic (exact) mass is 516 g/mol. The van der Waals surface area contributed by atoms with E-state index in [9.17, 15) is 18.7 Å². The molecule has 3 heterocycles. The summed E-state index contributed by atoms with van der Waals surface area (Å²) in [5, 5.41) is 9.30. The summed E-state index contributed by atoms with van der Waals surface area (Å²) in [6, 6.07) is 2.31. The van der Waals surface area contributed by atoms with Crippen molar-refractivity contribution in [2.24, 2.45) is 17.8 Å². The van der Waals surface area contributed by atoms with Crippen LogP contribution in [-0.2, 0) is 11.2 Å². The quantitative estimate of drug-likeness (QED) is 0.519. The Balaban J connectivity index is 1.03. The summed E-state index contributed by atoms with van der Waals surface area (Å²) >= 11 is 0. The van der Waals surface area contributed by atoms with E-state index in [0.29, 0.717) is 36.7 Å². The van der Waals surface area contributed by atoms with Gasteiger partial charge in [0.25, 0.3) is 0 Å². The van der Waals surface area contributed by atoms with E-state index < -0.39 is 23.6 Å². The number of hydrogen-bond donors (Lipinski definition) is 1. The van der Waals surface area contributed by atoms with E-state index in [2.05, 4.69) is 14.9 Å². The summed E-state index contributed by atoms with van der Waals surface area (Å²) in [5.74, 6) is 1.55. The molecule has 8 nitrogen and oxygen atoms in total. The summed E-state index contributed by atoms with van der Waals surface area (Å²) in [6.07, 6.45) is 6.76. The van der Waals surface area contributed by atoms with Crippen LogP contribution in [-0.4, -0.2) is 71.4 Å². The zero-order valence-corrected chi connectivity index (χ0v) is 21.1. The second-order valence-electron chi connectivity index (χ2n) is 10.3. The third-order valence-electron chi connectivity index (χ3n) is 7.75. The molecule has 1 aromatic heterocycles. The van der Waals surface area contributed by atoms with Gasteiger partial charge in [0, 0.05) is 43.9 Å². The number of aliphatic hydroxyl groups is 1. The molecule has 0 spiro atoms. The van der Waals surface area contributed by atoms with Crippen molar-refractivity contribution in [1.29, 1.82) is 0 Å². The van der Waals surface area contributed by atoms with Crippen molar-refractivity contribution >= 4 is 11.9 Å². The molecule has 200 valence electrons. The molecule has 1 N–H and O–H groups in total. The minimum Gasteiger partial charge on any atom is -0.493 e. The average Bonchev–Trinajstić information content (AvgIpc) is 3.64. The number of nitrogens with zero attached hydrogens (tertiary/aromatic N) is 4. The lowest BCUT2D eigenvalue weighted by atomic mass is 9.90. The summed E-state index contributed by atoms with van der Waals surface area (Å²) in [5.41, 5.74) is -0.261. The number of carbonyl (C=O) groups excluding carboxylic acids is 1. The highest BCUT2D eigenvalue weighted by molar-refractivity contribution is 5.79. The lowest BCUT2D eigenvalue weighted by Crippen LogP contribution is -2.54. The van der Waals surface area contributed by atoms with E-state index in [1.807, 2.05) is 6.92 Å². The van der Waals surface area contributed by atoms with E-state index in [0.717, 1.165) is 50.4 Å². The molecule has 10 heteroatoms. The van der Waals surface area contributed by atoms with Crippen LogP contribution in [0, 0.1) is 29.4 Å². The molecule has 1 aliphatic carbocycles. The standard InChI is InChI=1S/C27H34F2N4O4/c1-2-36-21-13-30-27(31-14-21)32-6-3-17(4-7-32)22-9-18(22)5-8-37-20-10-24(28)23(25(29)11-20)12-26(35)33-15-19(34)16-33/h10-11,13-14,17-19,22,34H,2-9,12,15-16H2,1H3. The largest absolute Gasteiger partial charge is 0.493 e. The topological polar surface area (TPSA) is 88.0 Å². The summed E-state index contributed by atoms with van der Waals surface area (Å²) < 4.78 is 40.1. The maximum Gasteiger partial charge on any atom is 0.227 e. The number of halogens is 2. The number of aromatic nitrogens is 2. The van der Waals surface area contributed by atoms with Gasteiger partial charge in [-0.15, -0.1) is 0 Å². The van der Waals surface area contributed by atoms with Gasteiger partial charge < -0.3 is 24.4 Å². The maximum atomic E-state index is 14.5. The van der Waals surface area contributed by atoms with Crippen LogP contribution in [0.3, 0.4) is 0 Å². The first-order valence-corrected chi connectivity index (χ1v) is 13.2. The molecular weight excluding hydrogens is 482 g/mol. The molecule has 3 fully saturated rings. The number of aliphatic hydroxyl groups excluding tert-OH is 1. The maximum absolute atomic E-state index is 14.5. The molecule has 37 heavy (non-hydrogen) atoms. The van der Waals surface area contributed by atoms with Gasteiger partial charge >= 0.3 is 0 Å². The lowest BCUT2D eigenvalue weighted by molar-refractivity contribution is -0.140. The predicted molar refractivity (Wildman–Crippen MR) is 132 cm³/mol. The Morgan fingerprint density at radius 2 is 1.76 bits per heavy atom. The number of piperidine rings is 1. The first-order chi connectivity index (χ1) is 17.9. The van der Waals surface area contributed by atoms with Crippen LogP contribution < -0.4 is 14.4 Å². The lowest BCUT2D eigenvalue weighted by Gasteiger charge is -2.36. The Bertz CT molecular complexity index is 1070. The van der Waals surface area contributed by atoms with Gasteiger partial charge in [-0.05, 0) is 50.4 Å². The van der Waals surface area contributed by atoms with Crippen molar-refractivity contribution in [3.05, 3.63) is 41.7 Å². The van der Waals surface area contributed by atoms with Crippen molar-refractivity contribution in [2.45, 2.75) is 45.1 Å². The van der Waals surface area contributed by atoms with Gasteiger partial charge in [0.15, 0.2) is 5.75 Å². The number of likely N-dealkylation sites (tertiary alicyclic amines) is 1. The van der Waals surface area contributed by atoms with Crippen LogP contribution in [0.1, 0.15) is 38.2 Å². The van der Waals surface area contributed by atoms with Crippen LogP contribution in [0.4, 0.5) is 14.7 Å². The Labute approximate surface area is 215 Å². The number of carbonyl (C=O) groups is 1. The fraction of sp³-hybridized carbons (Fsp3) is 0.593. The molecule has 1 saturated carbocycles. The Morgan fingerprint density at radius 3 is 2.38 bits per heavy atom. The van der Waals surface area contributed by atoms with Crippen LogP contribution in [0.2, 0.25) is 0 Å². The van der Waals surface area contributed by atoms with Gasteiger partial charge in [-0.1, -0.05) is 0 Å². The highest BCUT2D eigenvalue weighted by Gasteiger charge is 2.43. The van der Waals surface area contributed by atoms with E-state index >= 15 is 0 Å². The minimum absolute atomic E-state index is 0.145. The third-order valence-corrected chi connectivity index (χ3v) is 7.75. The van der Waals surface area contributed by atoms with Gasteiger partial charge in [0.1, 0.15) is 17.4 Å². The molecular formula is C27H34F2N4O4. The predicted octanol–water partition coefficient (Wildman–Crippen LogP) is 3.22. The first-order valence-electron chi connectivity index (χ1n) is 13.2. The molecule has 2 aromatic rings.